The summed E-state index contributed by atoms with van der Waals surface area (Å²) in [6.07, 6.45) is 0.102. The van der Waals surface area contributed by atoms with E-state index in [0.29, 0.717) is 6.42 Å². The minimum absolute atomic E-state index is 0.00415. The third-order valence-corrected chi connectivity index (χ3v) is 3.80. The zero-order valence-corrected chi connectivity index (χ0v) is 12.4. The molecule has 5 nitrogen and oxygen atoms in total. The van der Waals surface area contributed by atoms with Gasteiger partial charge in [-0.05, 0) is 18.2 Å². The number of carbonyl (C=O) groups is 2. The average Bonchev–Trinajstić information content (AvgIpc) is 2.90. The van der Waals surface area contributed by atoms with Crippen molar-refractivity contribution in [2.45, 2.75) is 18.6 Å². The van der Waals surface area contributed by atoms with E-state index in [1.807, 2.05) is 0 Å². The van der Waals surface area contributed by atoms with Crippen molar-refractivity contribution in [3.63, 3.8) is 0 Å². The molecular formula is C14H15ClFNO4. The second-order valence-corrected chi connectivity index (χ2v) is 5.12. The van der Waals surface area contributed by atoms with Crippen molar-refractivity contribution in [2.24, 2.45) is 0 Å². The van der Waals surface area contributed by atoms with Gasteiger partial charge in [0.05, 0.1) is 23.8 Å². The number of hydrogen-bond donors (Lipinski definition) is 0. The highest BCUT2D eigenvalue weighted by Gasteiger charge is 2.41. The highest BCUT2D eigenvalue weighted by Crippen LogP contribution is 2.26. The van der Waals surface area contributed by atoms with Gasteiger partial charge in [0, 0.05) is 20.1 Å². The number of likely N-dealkylation sites (tertiary alicyclic amines) is 1. The molecule has 1 saturated heterocycles. The Kier molecular flexibility index (Phi) is 4.80. The van der Waals surface area contributed by atoms with E-state index in [1.54, 1.807) is 0 Å². The van der Waals surface area contributed by atoms with Gasteiger partial charge in [-0.1, -0.05) is 11.6 Å². The predicted octanol–water partition coefficient (Wildman–Crippen LogP) is 1.88. The minimum atomic E-state index is -0.728. The molecule has 1 amide bonds. The Balaban J connectivity index is 2.29. The number of benzene rings is 1. The molecule has 1 aromatic rings. The molecule has 2 rings (SSSR count). The Hall–Kier alpha value is -1.66. The topological polar surface area (TPSA) is 55.8 Å². The SMILES string of the molecule is COC(=O)[C@@H]1C[C@@H](OC)CN1C(=O)c1ccc(F)cc1Cl. The van der Waals surface area contributed by atoms with Gasteiger partial charge in [0.1, 0.15) is 11.9 Å². The lowest BCUT2D eigenvalue weighted by Crippen LogP contribution is -2.41. The molecule has 114 valence electrons. The average molecular weight is 316 g/mol. The molecule has 0 aromatic heterocycles. The van der Waals surface area contributed by atoms with Crippen LogP contribution in [0.4, 0.5) is 4.39 Å². The standard InChI is InChI=1S/C14H15ClFNO4/c1-20-9-6-12(14(19)21-2)17(7-9)13(18)10-4-3-8(16)5-11(10)15/h3-5,9,12H,6-7H2,1-2H3/t9-,12+/m1/s1. The summed E-state index contributed by atoms with van der Waals surface area (Å²) in [7, 11) is 2.77. The van der Waals surface area contributed by atoms with Crippen molar-refractivity contribution in [3.05, 3.63) is 34.6 Å². The van der Waals surface area contributed by atoms with E-state index >= 15 is 0 Å². The molecule has 21 heavy (non-hydrogen) atoms. The van der Waals surface area contributed by atoms with Crippen LogP contribution in [0.2, 0.25) is 5.02 Å². The number of rotatable bonds is 3. The molecule has 0 bridgehead atoms. The van der Waals surface area contributed by atoms with E-state index in [1.165, 1.54) is 25.2 Å². The van der Waals surface area contributed by atoms with Crippen LogP contribution in [-0.2, 0) is 14.3 Å². The predicted molar refractivity (Wildman–Crippen MR) is 73.7 cm³/mol. The molecule has 1 aliphatic heterocycles. The zero-order valence-electron chi connectivity index (χ0n) is 11.6. The fourth-order valence-electron chi connectivity index (χ4n) is 2.37. The van der Waals surface area contributed by atoms with Gasteiger partial charge < -0.3 is 14.4 Å². The monoisotopic (exact) mass is 315 g/mol. The highest BCUT2D eigenvalue weighted by atomic mass is 35.5. The van der Waals surface area contributed by atoms with Crippen LogP contribution in [0.25, 0.3) is 0 Å². The number of amides is 1. The molecule has 1 aliphatic rings. The molecule has 0 radical (unpaired) electrons. The van der Waals surface area contributed by atoms with Crippen LogP contribution in [0.1, 0.15) is 16.8 Å². The number of nitrogens with zero attached hydrogens (tertiary/aromatic N) is 1. The Labute approximate surface area is 126 Å². The maximum Gasteiger partial charge on any atom is 0.328 e. The van der Waals surface area contributed by atoms with Crippen LogP contribution in [-0.4, -0.2) is 49.7 Å². The number of ether oxygens (including phenoxy) is 2. The summed E-state index contributed by atoms with van der Waals surface area (Å²) < 4.78 is 23.0. The molecular weight excluding hydrogens is 301 g/mol. The second kappa shape index (κ2) is 6.41. The Morgan fingerprint density at radius 1 is 1.38 bits per heavy atom. The van der Waals surface area contributed by atoms with Gasteiger partial charge >= 0.3 is 5.97 Å². The number of hydrogen-bond acceptors (Lipinski definition) is 4. The molecule has 0 unspecified atom stereocenters. The van der Waals surface area contributed by atoms with Crippen molar-refractivity contribution in [3.8, 4) is 0 Å². The molecule has 0 spiro atoms. The lowest BCUT2D eigenvalue weighted by Gasteiger charge is -2.22. The molecule has 0 saturated carbocycles. The van der Waals surface area contributed by atoms with Gasteiger partial charge in [0.25, 0.3) is 5.91 Å². The van der Waals surface area contributed by atoms with Crippen molar-refractivity contribution in [1.29, 1.82) is 0 Å². The lowest BCUT2D eigenvalue weighted by atomic mass is 10.1. The summed E-state index contributed by atoms with van der Waals surface area (Å²) in [6.45, 7) is 0.253. The lowest BCUT2D eigenvalue weighted by molar-refractivity contribution is -0.145. The van der Waals surface area contributed by atoms with E-state index < -0.39 is 23.7 Å². The first-order valence-corrected chi connectivity index (χ1v) is 6.72. The smallest absolute Gasteiger partial charge is 0.328 e. The first-order valence-electron chi connectivity index (χ1n) is 6.34. The van der Waals surface area contributed by atoms with E-state index in [2.05, 4.69) is 0 Å². The van der Waals surface area contributed by atoms with E-state index in [0.717, 1.165) is 12.1 Å². The largest absolute Gasteiger partial charge is 0.467 e. The first kappa shape index (κ1) is 15.7. The summed E-state index contributed by atoms with van der Waals surface area (Å²) in [5, 5.41) is 0.00415. The third kappa shape index (κ3) is 3.16. The van der Waals surface area contributed by atoms with Gasteiger partial charge in [0.15, 0.2) is 0 Å². The van der Waals surface area contributed by atoms with Crippen LogP contribution < -0.4 is 0 Å². The molecule has 1 fully saturated rings. The van der Waals surface area contributed by atoms with Crippen molar-refractivity contribution < 1.29 is 23.5 Å². The van der Waals surface area contributed by atoms with Gasteiger partial charge in [0.2, 0.25) is 0 Å². The van der Waals surface area contributed by atoms with Gasteiger partial charge in [-0.15, -0.1) is 0 Å². The second-order valence-electron chi connectivity index (χ2n) is 4.71. The molecule has 2 atom stereocenters. The molecule has 1 aromatic carbocycles. The minimum Gasteiger partial charge on any atom is -0.467 e. The van der Waals surface area contributed by atoms with Crippen molar-refractivity contribution >= 4 is 23.5 Å². The van der Waals surface area contributed by atoms with E-state index in [9.17, 15) is 14.0 Å². The van der Waals surface area contributed by atoms with Crippen LogP contribution in [0.5, 0.6) is 0 Å². The van der Waals surface area contributed by atoms with Crippen LogP contribution >= 0.6 is 11.6 Å². The van der Waals surface area contributed by atoms with Crippen LogP contribution in [0.3, 0.4) is 0 Å². The first-order chi connectivity index (χ1) is 9.97. The van der Waals surface area contributed by atoms with Gasteiger partial charge in [-0.25, -0.2) is 9.18 Å². The summed E-state index contributed by atoms with van der Waals surface area (Å²) >= 11 is 5.90. The fourth-order valence-corrected chi connectivity index (χ4v) is 2.62. The van der Waals surface area contributed by atoms with Crippen molar-refractivity contribution in [1.82, 2.24) is 4.90 Å². The summed E-state index contributed by atoms with van der Waals surface area (Å²) in [5.41, 5.74) is 0.142. The summed E-state index contributed by atoms with van der Waals surface area (Å²) in [6, 6.07) is 2.78. The Bertz CT molecular complexity index is 566. The maximum absolute atomic E-state index is 13.1. The molecule has 1 heterocycles. The molecule has 0 aliphatic carbocycles. The number of esters is 1. The highest BCUT2D eigenvalue weighted by molar-refractivity contribution is 6.33. The van der Waals surface area contributed by atoms with Crippen LogP contribution in [0.15, 0.2) is 18.2 Å². The number of methoxy groups -OCH3 is 2. The van der Waals surface area contributed by atoms with E-state index in [4.69, 9.17) is 21.1 Å². The van der Waals surface area contributed by atoms with Gasteiger partial charge in [-0.3, -0.25) is 4.79 Å². The summed E-state index contributed by atoms with van der Waals surface area (Å²) in [5.74, 6) is -1.49. The third-order valence-electron chi connectivity index (χ3n) is 3.49. The Morgan fingerprint density at radius 2 is 2.10 bits per heavy atom. The Morgan fingerprint density at radius 3 is 2.67 bits per heavy atom. The fraction of sp³-hybridized carbons (Fsp3) is 0.429. The van der Waals surface area contributed by atoms with Crippen molar-refractivity contribution in [2.75, 3.05) is 20.8 Å². The van der Waals surface area contributed by atoms with E-state index in [-0.39, 0.29) is 23.2 Å². The van der Waals surface area contributed by atoms with Crippen LogP contribution in [0, 0.1) is 5.82 Å². The number of halogens is 2. The molecule has 7 heteroatoms. The summed E-state index contributed by atoms with van der Waals surface area (Å²) in [4.78, 5) is 25.7. The quantitative estimate of drug-likeness (QED) is 0.799. The maximum atomic E-state index is 13.1. The molecule has 0 N–H and O–H groups in total. The van der Waals surface area contributed by atoms with Gasteiger partial charge in [-0.2, -0.15) is 0 Å². The number of carbonyl (C=O) groups excluding carboxylic acids is 2. The zero-order chi connectivity index (χ0) is 15.6. The normalized spacial score (nSPS) is 21.4.